The summed E-state index contributed by atoms with van der Waals surface area (Å²) < 4.78 is 4.85. The van der Waals surface area contributed by atoms with Gasteiger partial charge in [-0.05, 0) is 19.1 Å². The molecule has 0 saturated carbocycles. The van der Waals surface area contributed by atoms with Crippen LogP contribution in [0.1, 0.15) is 17.4 Å². The van der Waals surface area contributed by atoms with Crippen LogP contribution >= 0.6 is 0 Å². The topological polar surface area (TPSA) is 67.9 Å². The highest BCUT2D eigenvalue weighted by molar-refractivity contribution is 5.87. The van der Waals surface area contributed by atoms with Crippen LogP contribution < -0.4 is 0 Å². The third-order valence-electron chi connectivity index (χ3n) is 2.01. The van der Waals surface area contributed by atoms with Gasteiger partial charge in [-0.2, -0.15) is 0 Å². The van der Waals surface area contributed by atoms with E-state index in [0.29, 0.717) is 18.1 Å². The maximum Gasteiger partial charge on any atom is 0.356 e. The fraction of sp³-hybridized carbons (Fsp3) is 0.182. The van der Waals surface area contributed by atoms with Gasteiger partial charge in [0, 0.05) is 18.0 Å². The second-order valence-electron chi connectivity index (χ2n) is 3.11. The molecule has 82 valence electrons. The van der Waals surface area contributed by atoms with Crippen molar-refractivity contribution in [3.8, 4) is 11.4 Å². The monoisotopic (exact) mass is 217 g/mol. The number of ether oxygens (including phenoxy) is 1. The first-order valence-electron chi connectivity index (χ1n) is 4.93. The molecular weight excluding hydrogens is 206 g/mol. The smallest absolute Gasteiger partial charge is 0.356 e. The summed E-state index contributed by atoms with van der Waals surface area (Å²) in [5.41, 5.74) is 1.18. The summed E-state index contributed by atoms with van der Waals surface area (Å²) in [7, 11) is 0. The van der Waals surface area contributed by atoms with Crippen molar-refractivity contribution in [2.75, 3.05) is 6.61 Å². The minimum absolute atomic E-state index is 0.347. The van der Waals surface area contributed by atoms with Crippen molar-refractivity contribution in [2.45, 2.75) is 6.92 Å². The molecule has 0 radical (unpaired) electrons. The molecule has 16 heavy (non-hydrogen) atoms. The maximum absolute atomic E-state index is 11.4. The van der Waals surface area contributed by atoms with Crippen molar-refractivity contribution < 1.29 is 9.53 Å². The van der Waals surface area contributed by atoms with E-state index in [1.807, 2.05) is 12.1 Å². The molecule has 0 amide bonds. The van der Waals surface area contributed by atoms with Gasteiger partial charge < -0.3 is 9.72 Å². The molecule has 0 aliphatic carbocycles. The third-order valence-corrected chi connectivity index (χ3v) is 2.01. The van der Waals surface area contributed by atoms with Crippen LogP contribution in [0.2, 0.25) is 0 Å². The molecule has 5 heteroatoms. The average molecular weight is 217 g/mol. The van der Waals surface area contributed by atoms with Crippen LogP contribution in [0.5, 0.6) is 0 Å². The van der Waals surface area contributed by atoms with Crippen LogP contribution in [-0.4, -0.2) is 27.5 Å². The van der Waals surface area contributed by atoms with Gasteiger partial charge in [-0.3, -0.25) is 4.98 Å². The lowest BCUT2D eigenvalue weighted by Crippen LogP contribution is -2.04. The first-order chi connectivity index (χ1) is 7.81. The molecule has 0 unspecified atom stereocenters. The Kier molecular flexibility index (Phi) is 2.95. The maximum atomic E-state index is 11.4. The molecule has 0 spiro atoms. The molecule has 0 atom stereocenters. The van der Waals surface area contributed by atoms with Crippen LogP contribution in [0.4, 0.5) is 0 Å². The van der Waals surface area contributed by atoms with Gasteiger partial charge in [-0.1, -0.05) is 0 Å². The number of H-pyrrole nitrogens is 1. The number of rotatable bonds is 3. The number of imidazole rings is 1. The van der Waals surface area contributed by atoms with E-state index in [9.17, 15) is 4.79 Å². The number of hydrogen-bond donors (Lipinski definition) is 1. The second-order valence-corrected chi connectivity index (χ2v) is 3.11. The molecule has 2 heterocycles. The Bertz CT molecular complexity index is 479. The number of hydrogen-bond acceptors (Lipinski definition) is 4. The SMILES string of the molecule is CCOC(=O)c1cnc(-c2cccnc2)[nH]1. The van der Waals surface area contributed by atoms with Crippen molar-refractivity contribution >= 4 is 5.97 Å². The van der Waals surface area contributed by atoms with Crippen LogP contribution in [-0.2, 0) is 4.74 Å². The van der Waals surface area contributed by atoms with E-state index in [0.717, 1.165) is 5.56 Å². The largest absolute Gasteiger partial charge is 0.461 e. The predicted octanol–water partition coefficient (Wildman–Crippen LogP) is 1.65. The molecule has 2 rings (SSSR count). The lowest BCUT2D eigenvalue weighted by molar-refractivity contribution is 0.0520. The minimum atomic E-state index is -0.398. The second kappa shape index (κ2) is 4.57. The van der Waals surface area contributed by atoms with E-state index in [1.54, 1.807) is 19.3 Å². The summed E-state index contributed by atoms with van der Waals surface area (Å²) in [6, 6.07) is 3.67. The van der Waals surface area contributed by atoms with Gasteiger partial charge in [0.1, 0.15) is 11.5 Å². The van der Waals surface area contributed by atoms with E-state index in [-0.39, 0.29) is 0 Å². The molecule has 0 saturated heterocycles. The number of carbonyl (C=O) groups excluding carboxylic acids is 1. The zero-order chi connectivity index (χ0) is 11.4. The summed E-state index contributed by atoms with van der Waals surface area (Å²) in [6.45, 7) is 2.11. The van der Waals surface area contributed by atoms with Crippen molar-refractivity contribution in [1.29, 1.82) is 0 Å². The molecular formula is C11H11N3O2. The quantitative estimate of drug-likeness (QED) is 0.794. The van der Waals surface area contributed by atoms with Crippen LogP contribution in [0, 0.1) is 0 Å². The summed E-state index contributed by atoms with van der Waals surface area (Å²) in [5, 5.41) is 0. The molecule has 0 fully saturated rings. The Labute approximate surface area is 92.5 Å². The Morgan fingerprint density at radius 1 is 1.50 bits per heavy atom. The Morgan fingerprint density at radius 3 is 3.06 bits per heavy atom. The van der Waals surface area contributed by atoms with E-state index >= 15 is 0 Å². The van der Waals surface area contributed by atoms with E-state index in [1.165, 1.54) is 6.20 Å². The fourth-order valence-corrected chi connectivity index (χ4v) is 1.28. The van der Waals surface area contributed by atoms with Gasteiger partial charge in [0.05, 0.1) is 12.8 Å². The van der Waals surface area contributed by atoms with Crippen LogP contribution in [0.3, 0.4) is 0 Å². The lowest BCUT2D eigenvalue weighted by atomic mass is 10.3. The van der Waals surface area contributed by atoms with Gasteiger partial charge in [0.25, 0.3) is 0 Å². The molecule has 0 bridgehead atoms. The molecule has 0 aromatic carbocycles. The number of aromatic nitrogens is 3. The average Bonchev–Trinajstić information content (AvgIpc) is 2.80. The minimum Gasteiger partial charge on any atom is -0.461 e. The van der Waals surface area contributed by atoms with Gasteiger partial charge >= 0.3 is 5.97 Å². The van der Waals surface area contributed by atoms with E-state index < -0.39 is 5.97 Å². The molecule has 2 aromatic heterocycles. The van der Waals surface area contributed by atoms with Crippen molar-refractivity contribution in [3.05, 3.63) is 36.4 Å². The number of pyridine rings is 1. The summed E-state index contributed by atoms with van der Waals surface area (Å²) >= 11 is 0. The van der Waals surface area contributed by atoms with Crippen molar-refractivity contribution in [3.63, 3.8) is 0 Å². The molecule has 0 aliphatic rings. The molecule has 0 aliphatic heterocycles. The number of esters is 1. The highest BCUT2D eigenvalue weighted by Crippen LogP contribution is 2.13. The van der Waals surface area contributed by atoms with E-state index in [4.69, 9.17) is 4.74 Å². The van der Waals surface area contributed by atoms with Gasteiger partial charge in [-0.15, -0.1) is 0 Å². The summed E-state index contributed by atoms with van der Waals surface area (Å²) in [4.78, 5) is 22.3. The highest BCUT2D eigenvalue weighted by atomic mass is 16.5. The molecule has 1 N–H and O–H groups in total. The van der Waals surface area contributed by atoms with Crippen molar-refractivity contribution in [1.82, 2.24) is 15.0 Å². The Hall–Kier alpha value is -2.17. The predicted molar refractivity (Wildman–Crippen MR) is 57.8 cm³/mol. The number of carbonyl (C=O) groups is 1. The van der Waals surface area contributed by atoms with E-state index in [2.05, 4.69) is 15.0 Å². The van der Waals surface area contributed by atoms with Crippen LogP contribution in [0.15, 0.2) is 30.7 Å². The number of aromatic amines is 1. The normalized spacial score (nSPS) is 10.1. The first kappa shape index (κ1) is 10.4. The fourth-order valence-electron chi connectivity index (χ4n) is 1.28. The van der Waals surface area contributed by atoms with Gasteiger partial charge in [0.2, 0.25) is 0 Å². The first-order valence-corrected chi connectivity index (χ1v) is 4.93. The highest BCUT2D eigenvalue weighted by Gasteiger charge is 2.10. The van der Waals surface area contributed by atoms with Crippen LogP contribution in [0.25, 0.3) is 11.4 Å². The Balaban J connectivity index is 2.23. The van der Waals surface area contributed by atoms with Crippen molar-refractivity contribution in [2.24, 2.45) is 0 Å². The third kappa shape index (κ3) is 2.08. The van der Waals surface area contributed by atoms with Gasteiger partial charge in [0.15, 0.2) is 0 Å². The standard InChI is InChI=1S/C11H11N3O2/c1-2-16-11(15)9-7-13-10(14-9)8-4-3-5-12-6-8/h3-7H,2H2,1H3,(H,13,14). The molecule has 2 aromatic rings. The zero-order valence-electron chi connectivity index (χ0n) is 8.80. The summed E-state index contributed by atoms with van der Waals surface area (Å²) in [5.74, 6) is 0.210. The van der Waals surface area contributed by atoms with Gasteiger partial charge in [-0.25, -0.2) is 9.78 Å². The lowest BCUT2D eigenvalue weighted by Gasteiger charge is -1.97. The summed E-state index contributed by atoms with van der Waals surface area (Å²) in [6.07, 6.45) is 4.81. The zero-order valence-corrected chi connectivity index (χ0v) is 8.80. The molecule has 5 nitrogen and oxygen atoms in total. The number of nitrogens with one attached hydrogen (secondary N) is 1. The Morgan fingerprint density at radius 2 is 2.38 bits per heavy atom. The number of nitrogens with zero attached hydrogens (tertiary/aromatic N) is 2.